The number of nitrogens with zero attached hydrogens (tertiary/aromatic N) is 1. The van der Waals surface area contributed by atoms with Gasteiger partial charge in [0.15, 0.2) is 0 Å². The van der Waals surface area contributed by atoms with Gasteiger partial charge in [-0.3, -0.25) is 24.0 Å². The van der Waals surface area contributed by atoms with E-state index in [0.29, 0.717) is 12.7 Å². The summed E-state index contributed by atoms with van der Waals surface area (Å²) < 4.78 is 0. The topological polar surface area (TPSA) is 184 Å². The van der Waals surface area contributed by atoms with E-state index in [9.17, 15) is 28.8 Å². The van der Waals surface area contributed by atoms with Crippen LogP contribution in [0.1, 0.15) is 51.9 Å². The predicted molar refractivity (Wildman–Crippen MR) is 114 cm³/mol. The van der Waals surface area contributed by atoms with E-state index in [1.165, 1.54) is 0 Å². The molecule has 0 bridgehead atoms. The molecule has 176 valence electrons. The number of hydrogen-bond donors (Lipinski definition) is 5. The van der Waals surface area contributed by atoms with E-state index in [-0.39, 0.29) is 37.2 Å². The highest BCUT2D eigenvalue weighted by Gasteiger charge is 2.32. The smallest absolute Gasteiger partial charge is 0.323 e. The van der Waals surface area contributed by atoms with Gasteiger partial charge in [0.05, 0.1) is 6.04 Å². The van der Waals surface area contributed by atoms with Crippen LogP contribution >= 0.6 is 12.6 Å². The molecule has 0 aromatic rings. The Morgan fingerprint density at radius 3 is 2.26 bits per heavy atom. The van der Waals surface area contributed by atoms with Crippen LogP contribution in [0.3, 0.4) is 0 Å². The summed E-state index contributed by atoms with van der Waals surface area (Å²) in [6, 6.07) is -3.82. The third-order valence-electron chi connectivity index (χ3n) is 4.46. The highest BCUT2D eigenvalue weighted by Crippen LogP contribution is 2.11. The van der Waals surface area contributed by atoms with Crippen LogP contribution in [0.5, 0.6) is 0 Å². The van der Waals surface area contributed by atoms with Crippen molar-refractivity contribution < 1.29 is 39.0 Å². The van der Waals surface area contributed by atoms with Gasteiger partial charge in [-0.1, -0.05) is 19.8 Å². The van der Waals surface area contributed by atoms with Crippen LogP contribution in [-0.2, 0) is 28.8 Å². The molecule has 12 heteroatoms. The van der Waals surface area contributed by atoms with E-state index in [0.717, 1.165) is 17.7 Å². The lowest BCUT2D eigenvalue weighted by atomic mass is 10.0. The van der Waals surface area contributed by atoms with Crippen LogP contribution in [0.4, 0.5) is 0 Å². The van der Waals surface area contributed by atoms with Gasteiger partial charge in [-0.2, -0.15) is 12.6 Å². The number of unbranched alkanes of at least 4 members (excludes halogenated alkanes) is 2. The molecule has 0 spiro atoms. The number of rotatable bonds is 17. The lowest BCUT2D eigenvalue weighted by Crippen LogP contribution is -2.55. The Kier molecular flexibility index (Phi) is 14.1. The molecule has 0 saturated carbocycles. The average molecular weight is 462 g/mol. The molecule has 0 aromatic carbocycles. The highest BCUT2D eigenvalue weighted by atomic mass is 32.1. The number of carboxylic acids is 2. The van der Waals surface area contributed by atoms with Gasteiger partial charge < -0.3 is 31.0 Å². The number of carbonyl (C=O) groups is 6. The lowest BCUT2D eigenvalue weighted by Gasteiger charge is -2.30. The van der Waals surface area contributed by atoms with Crippen molar-refractivity contribution in [3.63, 3.8) is 0 Å². The molecule has 0 fully saturated rings. The second kappa shape index (κ2) is 15.3. The average Bonchev–Trinajstić information content (AvgIpc) is 2.71. The Hall–Kier alpha value is -2.47. The summed E-state index contributed by atoms with van der Waals surface area (Å²) >= 11 is 4.00. The number of carbonyl (C=O) groups excluding carboxylic acids is 4. The molecule has 31 heavy (non-hydrogen) atoms. The fraction of sp³-hybridized carbons (Fsp3) is 0.684. The minimum absolute atomic E-state index is 0.170. The molecule has 3 unspecified atom stereocenters. The largest absolute Gasteiger partial charge is 0.480 e. The van der Waals surface area contributed by atoms with Crippen LogP contribution in [-0.4, -0.2) is 81.4 Å². The fourth-order valence-corrected chi connectivity index (χ4v) is 2.95. The Labute approximate surface area is 186 Å². The summed E-state index contributed by atoms with van der Waals surface area (Å²) in [6.45, 7) is 1.13. The number of ketones is 1. The van der Waals surface area contributed by atoms with Gasteiger partial charge in [-0.25, -0.2) is 0 Å². The van der Waals surface area contributed by atoms with Crippen molar-refractivity contribution in [2.24, 2.45) is 5.73 Å². The van der Waals surface area contributed by atoms with Crippen molar-refractivity contribution in [3.8, 4) is 0 Å². The maximum atomic E-state index is 12.8. The molecule has 0 aromatic heterocycles. The number of aldehydes is 1. The van der Waals surface area contributed by atoms with Crippen molar-refractivity contribution in [2.75, 3.05) is 12.3 Å². The number of Topliss-reactive ketones (excluding diaryl/α,β-unsaturated/α-hetero) is 1. The van der Waals surface area contributed by atoms with Gasteiger partial charge >= 0.3 is 11.9 Å². The van der Waals surface area contributed by atoms with Gasteiger partial charge in [0, 0.05) is 25.0 Å². The second-order valence-corrected chi connectivity index (χ2v) is 7.41. The number of hydrogen-bond acceptors (Lipinski definition) is 8. The number of nitrogens with one attached hydrogen (secondary N) is 1. The summed E-state index contributed by atoms with van der Waals surface area (Å²) in [7, 11) is 0. The third kappa shape index (κ3) is 11.5. The van der Waals surface area contributed by atoms with Gasteiger partial charge in [-0.15, -0.1) is 0 Å². The van der Waals surface area contributed by atoms with E-state index >= 15 is 0 Å². The molecule has 0 heterocycles. The van der Waals surface area contributed by atoms with Gasteiger partial charge in [0.25, 0.3) is 0 Å². The maximum Gasteiger partial charge on any atom is 0.323 e. The first-order valence-electron chi connectivity index (χ1n) is 9.95. The molecular weight excluding hydrogens is 430 g/mol. The van der Waals surface area contributed by atoms with E-state index in [2.05, 4.69) is 17.9 Å². The fourth-order valence-electron chi connectivity index (χ4n) is 2.71. The number of nitrogens with two attached hydrogens (primary N) is 1. The lowest BCUT2D eigenvalue weighted by molar-refractivity contribution is -0.149. The van der Waals surface area contributed by atoms with E-state index < -0.39 is 48.4 Å². The number of aliphatic carboxylic acids is 2. The molecule has 0 radical (unpaired) electrons. The first kappa shape index (κ1) is 28.5. The zero-order valence-electron chi connectivity index (χ0n) is 17.5. The Bertz CT molecular complexity index is 658. The third-order valence-corrected chi connectivity index (χ3v) is 4.82. The normalized spacial score (nSPS) is 13.5. The minimum Gasteiger partial charge on any atom is -0.480 e. The maximum absolute atomic E-state index is 12.8. The zero-order chi connectivity index (χ0) is 24.0. The number of carboxylic acid groups (broad SMARTS) is 2. The molecule has 5 N–H and O–H groups in total. The highest BCUT2D eigenvalue weighted by molar-refractivity contribution is 7.80. The van der Waals surface area contributed by atoms with Gasteiger partial charge in [0.2, 0.25) is 11.8 Å². The summed E-state index contributed by atoms with van der Waals surface area (Å²) in [6.07, 6.45) is 2.12. The minimum atomic E-state index is -1.39. The SMILES string of the molecule is CCCCCC(=O)CC(C=O)N(CC(=O)O)C(=O)C(CS)NC(=O)CCC(N)C(=O)O. The molecule has 0 saturated heterocycles. The van der Waals surface area contributed by atoms with Gasteiger partial charge in [-0.05, 0) is 12.8 Å². The molecule has 11 nitrogen and oxygen atoms in total. The molecule has 0 aliphatic rings. The van der Waals surface area contributed by atoms with Crippen LogP contribution < -0.4 is 11.1 Å². The molecule has 2 amide bonds. The number of thiol groups is 1. The summed E-state index contributed by atoms with van der Waals surface area (Å²) in [4.78, 5) is 71.3. The summed E-state index contributed by atoms with van der Waals surface area (Å²) in [5.41, 5.74) is 5.33. The first-order valence-corrected chi connectivity index (χ1v) is 10.6. The Balaban J connectivity index is 5.24. The Morgan fingerprint density at radius 2 is 1.77 bits per heavy atom. The molecule has 0 aliphatic heterocycles. The summed E-state index contributed by atoms with van der Waals surface area (Å²) in [5.74, 6) is -4.72. The first-order chi connectivity index (χ1) is 14.6. The van der Waals surface area contributed by atoms with E-state index in [4.69, 9.17) is 15.9 Å². The van der Waals surface area contributed by atoms with Crippen LogP contribution in [0.2, 0.25) is 0 Å². The monoisotopic (exact) mass is 461 g/mol. The zero-order valence-corrected chi connectivity index (χ0v) is 18.4. The van der Waals surface area contributed by atoms with E-state index in [1.807, 2.05) is 6.92 Å². The number of amides is 2. The quantitative estimate of drug-likeness (QED) is 0.109. The van der Waals surface area contributed by atoms with Crippen LogP contribution in [0.15, 0.2) is 0 Å². The van der Waals surface area contributed by atoms with Crippen molar-refractivity contribution in [1.29, 1.82) is 0 Å². The van der Waals surface area contributed by atoms with Crippen molar-refractivity contribution >= 4 is 48.5 Å². The van der Waals surface area contributed by atoms with E-state index in [1.54, 1.807) is 0 Å². The molecule has 3 atom stereocenters. The standard InChI is InChI=1S/C19H31N3O8S/c1-2-3-4-5-13(24)8-12(10-23)22(9-17(26)27)18(28)15(11-31)21-16(25)7-6-14(20)19(29)30/h10,12,14-15,31H,2-9,11,20H2,1H3,(H,21,25)(H,26,27)(H,29,30). The Morgan fingerprint density at radius 1 is 1.13 bits per heavy atom. The second-order valence-electron chi connectivity index (χ2n) is 7.05. The van der Waals surface area contributed by atoms with Crippen LogP contribution in [0, 0.1) is 0 Å². The molecule has 0 rings (SSSR count). The molecule has 0 aliphatic carbocycles. The van der Waals surface area contributed by atoms with Gasteiger partial charge in [0.1, 0.15) is 30.7 Å². The predicted octanol–water partition coefficient (Wildman–Crippen LogP) is -0.387. The molecular formula is C19H31N3O8S. The van der Waals surface area contributed by atoms with Crippen molar-refractivity contribution in [1.82, 2.24) is 10.2 Å². The van der Waals surface area contributed by atoms with Crippen molar-refractivity contribution in [2.45, 2.75) is 70.0 Å². The van der Waals surface area contributed by atoms with Crippen molar-refractivity contribution in [3.05, 3.63) is 0 Å². The summed E-state index contributed by atoms with van der Waals surface area (Å²) in [5, 5.41) is 20.2. The van der Waals surface area contributed by atoms with Crippen LogP contribution in [0.25, 0.3) is 0 Å².